The van der Waals surface area contributed by atoms with Crippen LogP contribution in [0.15, 0.2) is 16.6 Å². The van der Waals surface area contributed by atoms with Crippen molar-refractivity contribution < 1.29 is 20.1 Å². The van der Waals surface area contributed by atoms with Gasteiger partial charge in [-0.15, -0.1) is 0 Å². The van der Waals surface area contributed by atoms with Gasteiger partial charge in [0.25, 0.3) is 0 Å². The third-order valence-electron chi connectivity index (χ3n) is 1.93. The first-order valence-electron chi connectivity index (χ1n) is 4.09. The van der Waals surface area contributed by atoms with E-state index < -0.39 is 17.8 Å². The van der Waals surface area contributed by atoms with Gasteiger partial charge in [0.2, 0.25) is 0 Å². The van der Waals surface area contributed by atoms with E-state index in [9.17, 15) is 9.90 Å². The number of carboxylic acids is 1. The van der Waals surface area contributed by atoms with E-state index in [1.54, 1.807) is 0 Å². The molecule has 5 N–H and O–H groups in total. The highest BCUT2D eigenvalue weighted by Crippen LogP contribution is 2.30. The predicted molar refractivity (Wildman–Crippen MR) is 56.8 cm³/mol. The average molecular weight is 276 g/mol. The van der Waals surface area contributed by atoms with Crippen LogP contribution in [-0.4, -0.2) is 27.9 Å². The molecule has 0 aliphatic rings. The largest absolute Gasteiger partial charge is 0.507 e. The number of hydrogen-bond donors (Lipinski definition) is 4. The van der Waals surface area contributed by atoms with Crippen molar-refractivity contribution in [3.8, 4) is 5.75 Å². The van der Waals surface area contributed by atoms with Crippen molar-refractivity contribution in [3.05, 3.63) is 27.7 Å². The van der Waals surface area contributed by atoms with Crippen LogP contribution < -0.4 is 5.73 Å². The highest BCUT2D eigenvalue weighted by molar-refractivity contribution is 9.10. The Morgan fingerprint density at radius 1 is 1.53 bits per heavy atom. The zero-order chi connectivity index (χ0) is 11.6. The number of aliphatic hydroxyl groups excluding tert-OH is 1. The number of hydrogen-bond acceptors (Lipinski definition) is 4. The quantitative estimate of drug-likeness (QED) is 0.655. The molecule has 0 fully saturated rings. The van der Waals surface area contributed by atoms with Crippen LogP contribution in [-0.2, 0) is 0 Å². The summed E-state index contributed by atoms with van der Waals surface area (Å²) in [6.07, 6.45) is 0. The number of aromatic hydroxyl groups is 1. The van der Waals surface area contributed by atoms with Gasteiger partial charge >= 0.3 is 5.97 Å². The molecular weight excluding hydrogens is 266 g/mol. The van der Waals surface area contributed by atoms with E-state index in [2.05, 4.69) is 15.9 Å². The first kappa shape index (κ1) is 12.0. The Bertz CT molecular complexity index is 394. The lowest BCUT2D eigenvalue weighted by molar-refractivity contribution is 0.0693. The Morgan fingerprint density at radius 3 is 2.60 bits per heavy atom. The maximum atomic E-state index is 10.8. The van der Waals surface area contributed by atoms with E-state index >= 15 is 0 Å². The molecule has 0 radical (unpaired) electrons. The van der Waals surface area contributed by atoms with Gasteiger partial charge in [-0.25, -0.2) is 4.79 Å². The Morgan fingerprint density at radius 2 is 2.13 bits per heavy atom. The number of halogens is 1. The minimum Gasteiger partial charge on any atom is -0.507 e. The van der Waals surface area contributed by atoms with Crippen LogP contribution in [0.2, 0.25) is 0 Å². The molecule has 0 heterocycles. The van der Waals surface area contributed by atoms with Gasteiger partial charge < -0.3 is 21.1 Å². The molecule has 82 valence electrons. The van der Waals surface area contributed by atoms with E-state index in [1.165, 1.54) is 12.1 Å². The van der Waals surface area contributed by atoms with Crippen molar-refractivity contribution in [2.24, 2.45) is 5.73 Å². The molecule has 0 aliphatic carbocycles. The summed E-state index contributed by atoms with van der Waals surface area (Å²) in [4.78, 5) is 10.8. The van der Waals surface area contributed by atoms with Gasteiger partial charge in [0.1, 0.15) is 11.3 Å². The Balaban J connectivity index is 3.34. The molecule has 5 nitrogen and oxygen atoms in total. The molecule has 0 amide bonds. The van der Waals surface area contributed by atoms with Crippen molar-refractivity contribution >= 4 is 21.9 Å². The van der Waals surface area contributed by atoms with Crippen molar-refractivity contribution in [3.63, 3.8) is 0 Å². The van der Waals surface area contributed by atoms with Crippen LogP contribution in [0.25, 0.3) is 0 Å². The molecule has 0 unspecified atom stereocenters. The molecular formula is C9H10BrNO4. The molecule has 1 aromatic rings. The number of carbonyl (C=O) groups is 1. The summed E-state index contributed by atoms with van der Waals surface area (Å²) in [6.45, 7) is -0.372. The van der Waals surface area contributed by atoms with Gasteiger partial charge in [-0.3, -0.25) is 0 Å². The monoisotopic (exact) mass is 275 g/mol. The fraction of sp³-hybridized carbons (Fsp3) is 0.222. The molecule has 0 saturated carbocycles. The van der Waals surface area contributed by atoms with Crippen molar-refractivity contribution in [2.75, 3.05) is 6.61 Å². The molecule has 0 spiro atoms. The predicted octanol–water partition coefficient (Wildman–Crippen LogP) is 0.845. The van der Waals surface area contributed by atoms with Gasteiger partial charge in [-0.2, -0.15) is 0 Å². The summed E-state index contributed by atoms with van der Waals surface area (Å²) < 4.78 is 0.483. The molecule has 0 aromatic heterocycles. The van der Waals surface area contributed by atoms with E-state index in [0.717, 1.165) is 0 Å². The number of carboxylic acid groups (broad SMARTS) is 1. The molecule has 0 aliphatic heterocycles. The smallest absolute Gasteiger partial charge is 0.339 e. The molecule has 1 aromatic carbocycles. The molecule has 15 heavy (non-hydrogen) atoms. The number of phenols is 1. The van der Waals surface area contributed by atoms with Gasteiger partial charge in [0.05, 0.1) is 12.6 Å². The van der Waals surface area contributed by atoms with Crippen LogP contribution in [0.3, 0.4) is 0 Å². The standard InChI is InChI=1S/C9H10BrNO4/c10-4-1-5(7(11)3-12)8(13)6(2-4)9(14)15/h1-2,7,12-13H,3,11H2,(H,14,15)/t7-/m1/s1. The van der Waals surface area contributed by atoms with Crippen LogP contribution in [0.5, 0.6) is 5.75 Å². The SMILES string of the molecule is N[C@H](CO)c1cc(Br)cc(C(=O)O)c1O. The third kappa shape index (κ3) is 2.47. The van der Waals surface area contributed by atoms with Gasteiger partial charge in [-0.05, 0) is 12.1 Å². The minimum atomic E-state index is -1.25. The van der Waals surface area contributed by atoms with Gasteiger partial charge in [0.15, 0.2) is 0 Å². The summed E-state index contributed by atoms with van der Waals surface area (Å²) in [5.41, 5.74) is 5.46. The van der Waals surface area contributed by atoms with Crippen LogP contribution in [0, 0.1) is 0 Å². The van der Waals surface area contributed by atoms with Crippen molar-refractivity contribution in [1.82, 2.24) is 0 Å². The molecule has 0 saturated heterocycles. The second-order valence-corrected chi connectivity index (χ2v) is 3.90. The lowest BCUT2D eigenvalue weighted by atomic mass is 10.0. The highest BCUT2D eigenvalue weighted by atomic mass is 79.9. The number of benzene rings is 1. The second kappa shape index (κ2) is 4.61. The Kier molecular flexibility index (Phi) is 3.67. The lowest BCUT2D eigenvalue weighted by Crippen LogP contribution is -2.15. The van der Waals surface area contributed by atoms with Gasteiger partial charge in [-0.1, -0.05) is 15.9 Å². The number of nitrogens with two attached hydrogens (primary N) is 1. The fourth-order valence-electron chi connectivity index (χ4n) is 1.16. The number of rotatable bonds is 3. The number of aliphatic hydroxyl groups is 1. The zero-order valence-electron chi connectivity index (χ0n) is 7.64. The van der Waals surface area contributed by atoms with Crippen LogP contribution in [0.1, 0.15) is 22.0 Å². The van der Waals surface area contributed by atoms with E-state index in [-0.39, 0.29) is 17.7 Å². The van der Waals surface area contributed by atoms with Crippen LogP contribution in [0.4, 0.5) is 0 Å². The topological polar surface area (TPSA) is 104 Å². The summed E-state index contributed by atoms with van der Waals surface area (Å²) in [7, 11) is 0. The van der Waals surface area contributed by atoms with Crippen LogP contribution >= 0.6 is 15.9 Å². The lowest BCUT2D eigenvalue weighted by Gasteiger charge is -2.13. The van der Waals surface area contributed by atoms with Crippen molar-refractivity contribution in [1.29, 1.82) is 0 Å². The first-order chi connectivity index (χ1) is 6.97. The summed E-state index contributed by atoms with van der Waals surface area (Å²) >= 11 is 3.10. The second-order valence-electron chi connectivity index (χ2n) is 2.99. The van der Waals surface area contributed by atoms with E-state index in [1.807, 2.05) is 0 Å². The normalized spacial score (nSPS) is 12.5. The maximum absolute atomic E-state index is 10.8. The summed E-state index contributed by atoms with van der Waals surface area (Å²) in [5, 5.41) is 27.2. The summed E-state index contributed by atoms with van der Waals surface area (Å²) in [6, 6.07) is 1.94. The third-order valence-corrected chi connectivity index (χ3v) is 2.39. The average Bonchev–Trinajstić information content (AvgIpc) is 2.19. The minimum absolute atomic E-state index is 0.198. The van der Waals surface area contributed by atoms with E-state index in [4.69, 9.17) is 15.9 Å². The number of aromatic carboxylic acids is 1. The summed E-state index contributed by atoms with van der Waals surface area (Å²) in [5.74, 6) is -1.66. The van der Waals surface area contributed by atoms with Gasteiger partial charge in [0, 0.05) is 10.0 Å². The molecule has 6 heteroatoms. The Labute approximate surface area is 94.3 Å². The molecule has 1 atom stereocenters. The van der Waals surface area contributed by atoms with E-state index in [0.29, 0.717) is 4.47 Å². The zero-order valence-corrected chi connectivity index (χ0v) is 9.23. The maximum Gasteiger partial charge on any atom is 0.339 e. The highest BCUT2D eigenvalue weighted by Gasteiger charge is 2.18. The molecule has 0 bridgehead atoms. The first-order valence-corrected chi connectivity index (χ1v) is 4.88. The fourth-order valence-corrected chi connectivity index (χ4v) is 1.64. The molecule has 1 rings (SSSR count). The van der Waals surface area contributed by atoms with Crippen molar-refractivity contribution in [2.45, 2.75) is 6.04 Å². The Hall–Kier alpha value is -1.11.